The van der Waals surface area contributed by atoms with Gasteiger partial charge in [0.2, 0.25) is 5.89 Å². The average Bonchev–Trinajstić information content (AvgIpc) is 3.21. The molecule has 1 atom stereocenters. The molecule has 0 radical (unpaired) electrons. The van der Waals surface area contributed by atoms with Crippen molar-refractivity contribution >= 4 is 17.4 Å². The molecule has 124 valence electrons. The summed E-state index contributed by atoms with van der Waals surface area (Å²) >= 11 is 1.11. The fraction of sp³-hybridized carbons (Fsp3) is 0.643. The number of hydrogen-bond donors (Lipinski definition) is 1. The summed E-state index contributed by atoms with van der Waals surface area (Å²) in [6.07, 6.45) is 2.35. The number of hydrogen-bond acceptors (Lipinski definition) is 8. The lowest BCUT2D eigenvalue weighted by atomic mass is 9.91. The number of rotatable bonds is 5. The number of aromatic nitrogens is 4. The number of nitrogens with zero attached hydrogens (tertiary/aromatic N) is 4. The first-order valence-corrected chi connectivity index (χ1v) is 8.46. The van der Waals surface area contributed by atoms with Crippen molar-refractivity contribution in [3.8, 4) is 0 Å². The first-order valence-electron chi connectivity index (χ1n) is 7.69. The molecule has 0 aromatic carbocycles. The maximum absolute atomic E-state index is 12.6. The molecule has 0 saturated carbocycles. The van der Waals surface area contributed by atoms with Crippen LogP contribution in [0.5, 0.6) is 0 Å². The van der Waals surface area contributed by atoms with E-state index in [2.05, 4.69) is 25.0 Å². The standard InChI is InChI=1S/C14H19N5O3S/c1-3-10-12(23-19-17-10)13(20)16-11(9-4-6-21-7-5-9)14-15-8(2)18-22-14/h9,11H,3-7H2,1-2H3,(H,16,20). The highest BCUT2D eigenvalue weighted by Crippen LogP contribution is 2.30. The van der Waals surface area contributed by atoms with Crippen LogP contribution in [0.4, 0.5) is 0 Å². The largest absolute Gasteiger partial charge is 0.381 e. The molecule has 1 fully saturated rings. The molecule has 9 heteroatoms. The van der Waals surface area contributed by atoms with E-state index in [0.717, 1.165) is 24.4 Å². The van der Waals surface area contributed by atoms with E-state index in [1.807, 2.05) is 6.92 Å². The molecule has 2 aromatic rings. The Balaban J connectivity index is 1.82. The Morgan fingerprint density at radius 1 is 1.43 bits per heavy atom. The summed E-state index contributed by atoms with van der Waals surface area (Å²) in [6, 6.07) is -0.320. The Morgan fingerprint density at radius 3 is 2.87 bits per heavy atom. The Morgan fingerprint density at radius 2 is 2.22 bits per heavy atom. The van der Waals surface area contributed by atoms with Crippen LogP contribution < -0.4 is 5.32 Å². The molecular weight excluding hydrogens is 318 g/mol. The SMILES string of the molecule is CCc1nnsc1C(=O)NC(c1nc(C)no1)C1CCOCC1. The molecule has 0 bridgehead atoms. The summed E-state index contributed by atoms with van der Waals surface area (Å²) in [7, 11) is 0. The second-order valence-corrected chi connectivity index (χ2v) is 6.24. The summed E-state index contributed by atoms with van der Waals surface area (Å²) in [4.78, 5) is 17.5. The third-order valence-electron chi connectivity index (χ3n) is 3.93. The monoisotopic (exact) mass is 337 g/mol. The summed E-state index contributed by atoms with van der Waals surface area (Å²) < 4.78 is 14.6. The van der Waals surface area contributed by atoms with E-state index in [4.69, 9.17) is 9.26 Å². The number of nitrogens with one attached hydrogen (secondary N) is 1. The van der Waals surface area contributed by atoms with Gasteiger partial charge in [-0.25, -0.2) is 0 Å². The van der Waals surface area contributed by atoms with Crippen molar-refractivity contribution in [1.82, 2.24) is 25.0 Å². The predicted octanol–water partition coefficient (Wildman–Crippen LogP) is 1.69. The molecule has 1 unspecified atom stereocenters. The molecular formula is C14H19N5O3S. The van der Waals surface area contributed by atoms with Gasteiger partial charge in [0, 0.05) is 13.2 Å². The fourth-order valence-corrected chi connectivity index (χ4v) is 3.34. The molecule has 1 amide bonds. The van der Waals surface area contributed by atoms with E-state index in [9.17, 15) is 4.79 Å². The summed E-state index contributed by atoms with van der Waals surface area (Å²) in [5.74, 6) is 1.01. The van der Waals surface area contributed by atoms with Crippen LogP contribution in [0.15, 0.2) is 4.52 Å². The summed E-state index contributed by atoms with van der Waals surface area (Å²) in [6.45, 7) is 5.06. The molecule has 8 nitrogen and oxygen atoms in total. The minimum Gasteiger partial charge on any atom is -0.381 e. The average molecular weight is 337 g/mol. The highest BCUT2D eigenvalue weighted by Gasteiger charge is 2.32. The van der Waals surface area contributed by atoms with Gasteiger partial charge in [0.05, 0.1) is 5.69 Å². The third-order valence-corrected chi connectivity index (χ3v) is 4.70. The van der Waals surface area contributed by atoms with Crippen LogP contribution in [0.1, 0.15) is 52.9 Å². The van der Waals surface area contributed by atoms with Crippen molar-refractivity contribution in [2.45, 2.75) is 39.2 Å². The highest BCUT2D eigenvalue weighted by molar-refractivity contribution is 7.08. The number of aryl methyl sites for hydroxylation is 2. The summed E-state index contributed by atoms with van der Waals surface area (Å²) in [5.41, 5.74) is 0.708. The topological polar surface area (TPSA) is 103 Å². The zero-order valence-electron chi connectivity index (χ0n) is 13.1. The number of amides is 1. The van der Waals surface area contributed by atoms with Gasteiger partial charge in [0.25, 0.3) is 5.91 Å². The van der Waals surface area contributed by atoms with Crippen LogP contribution in [0.2, 0.25) is 0 Å². The molecule has 1 N–H and O–H groups in total. The summed E-state index contributed by atoms with van der Waals surface area (Å²) in [5, 5.41) is 10.9. The highest BCUT2D eigenvalue weighted by atomic mass is 32.1. The zero-order chi connectivity index (χ0) is 16.2. The van der Waals surface area contributed by atoms with Crippen molar-refractivity contribution in [3.63, 3.8) is 0 Å². The number of ether oxygens (including phenoxy) is 1. The van der Waals surface area contributed by atoms with E-state index in [-0.39, 0.29) is 17.9 Å². The van der Waals surface area contributed by atoms with Crippen molar-refractivity contribution in [3.05, 3.63) is 22.3 Å². The minimum atomic E-state index is -0.320. The van der Waals surface area contributed by atoms with Crippen molar-refractivity contribution in [2.75, 3.05) is 13.2 Å². The maximum Gasteiger partial charge on any atom is 0.265 e. The Bertz CT molecular complexity index is 665. The van der Waals surface area contributed by atoms with Gasteiger partial charge in [-0.1, -0.05) is 16.6 Å². The van der Waals surface area contributed by atoms with E-state index < -0.39 is 0 Å². The first-order chi connectivity index (χ1) is 11.2. The normalized spacial score (nSPS) is 17.1. The van der Waals surface area contributed by atoms with E-state index in [1.54, 1.807) is 6.92 Å². The molecule has 23 heavy (non-hydrogen) atoms. The zero-order valence-corrected chi connectivity index (χ0v) is 13.9. The second-order valence-electron chi connectivity index (χ2n) is 5.48. The van der Waals surface area contributed by atoms with Gasteiger partial charge in [-0.2, -0.15) is 4.98 Å². The lowest BCUT2D eigenvalue weighted by Gasteiger charge is -2.28. The van der Waals surface area contributed by atoms with Crippen LogP contribution in [-0.2, 0) is 11.2 Å². The van der Waals surface area contributed by atoms with Gasteiger partial charge in [-0.3, -0.25) is 4.79 Å². The molecule has 0 spiro atoms. The van der Waals surface area contributed by atoms with E-state index in [1.165, 1.54) is 0 Å². The molecule has 1 saturated heterocycles. The van der Waals surface area contributed by atoms with Crippen molar-refractivity contribution in [1.29, 1.82) is 0 Å². The van der Waals surface area contributed by atoms with Gasteiger partial charge >= 0.3 is 0 Å². The predicted molar refractivity (Wildman–Crippen MR) is 82.1 cm³/mol. The quantitative estimate of drug-likeness (QED) is 0.885. The van der Waals surface area contributed by atoms with E-state index >= 15 is 0 Å². The fourth-order valence-electron chi connectivity index (χ4n) is 2.69. The van der Waals surface area contributed by atoms with Crippen molar-refractivity contribution < 1.29 is 14.1 Å². The van der Waals surface area contributed by atoms with Gasteiger partial charge in [-0.05, 0) is 43.6 Å². The molecule has 1 aliphatic heterocycles. The van der Waals surface area contributed by atoms with Crippen LogP contribution in [0, 0.1) is 12.8 Å². The molecule has 3 rings (SSSR count). The van der Waals surface area contributed by atoms with Gasteiger partial charge in [0.1, 0.15) is 10.9 Å². The Hall–Kier alpha value is -1.87. The number of carbonyl (C=O) groups excluding carboxylic acids is 1. The Kier molecular flexibility index (Phi) is 4.97. The van der Waals surface area contributed by atoms with Crippen molar-refractivity contribution in [2.24, 2.45) is 5.92 Å². The molecule has 3 heterocycles. The van der Waals surface area contributed by atoms with Gasteiger partial charge < -0.3 is 14.6 Å². The van der Waals surface area contributed by atoms with Gasteiger partial charge in [-0.15, -0.1) is 5.10 Å². The smallest absolute Gasteiger partial charge is 0.265 e. The first kappa shape index (κ1) is 16.0. The van der Waals surface area contributed by atoms with E-state index in [0.29, 0.717) is 41.9 Å². The Labute approximate surface area is 137 Å². The lowest BCUT2D eigenvalue weighted by molar-refractivity contribution is 0.0468. The maximum atomic E-state index is 12.6. The third kappa shape index (κ3) is 3.56. The minimum absolute atomic E-state index is 0.191. The van der Waals surface area contributed by atoms with Crippen LogP contribution in [0.3, 0.4) is 0 Å². The molecule has 2 aromatic heterocycles. The second kappa shape index (κ2) is 7.14. The van der Waals surface area contributed by atoms with Gasteiger partial charge in [0.15, 0.2) is 5.82 Å². The van der Waals surface area contributed by atoms with Crippen LogP contribution >= 0.6 is 11.5 Å². The molecule has 0 aliphatic carbocycles. The molecule has 1 aliphatic rings. The van der Waals surface area contributed by atoms with Crippen LogP contribution in [0.25, 0.3) is 0 Å². The van der Waals surface area contributed by atoms with Crippen LogP contribution in [-0.4, -0.2) is 38.8 Å². The lowest BCUT2D eigenvalue weighted by Crippen LogP contribution is -2.36. The number of carbonyl (C=O) groups is 1.